The van der Waals surface area contributed by atoms with E-state index in [1.165, 1.54) is 22.3 Å². The van der Waals surface area contributed by atoms with E-state index in [0.29, 0.717) is 11.1 Å². The van der Waals surface area contributed by atoms with Gasteiger partial charge in [0, 0.05) is 0 Å². The first kappa shape index (κ1) is 15.5. The first-order chi connectivity index (χ1) is 10.3. The summed E-state index contributed by atoms with van der Waals surface area (Å²) in [4.78, 5) is 0. The fraction of sp³-hybridized carbons (Fsp3) is 0.429. The maximum absolute atomic E-state index is 2.59. The molecule has 0 aliphatic heterocycles. The standard InChI is InChI=1S/C21H28Si/c1-13-12-20(19-11-9-8-10-18(13)19)22(6,7)21-16(4)14(2)15(3)17(21)5/h8-12,20-21H,1-7H3. The molecule has 0 fully saturated rings. The van der Waals surface area contributed by atoms with Crippen molar-refractivity contribution in [2.24, 2.45) is 0 Å². The largest absolute Gasteiger partial charge is 0.0761 e. The number of benzene rings is 1. The highest BCUT2D eigenvalue weighted by Gasteiger charge is 2.45. The Morgan fingerprint density at radius 1 is 0.818 bits per heavy atom. The summed E-state index contributed by atoms with van der Waals surface area (Å²) in [7, 11) is -1.53. The minimum absolute atomic E-state index is 0.636. The van der Waals surface area contributed by atoms with Gasteiger partial charge in [-0.15, -0.1) is 0 Å². The van der Waals surface area contributed by atoms with E-state index in [1.807, 2.05) is 0 Å². The molecule has 1 unspecified atom stereocenters. The van der Waals surface area contributed by atoms with E-state index in [9.17, 15) is 0 Å². The van der Waals surface area contributed by atoms with Crippen LogP contribution in [-0.4, -0.2) is 8.07 Å². The third-order valence-electron chi connectivity index (χ3n) is 6.29. The summed E-state index contributed by atoms with van der Waals surface area (Å²) in [6, 6.07) is 9.03. The SMILES string of the molecule is CC1=CC([Si](C)(C)C2C(C)=C(C)C(C)=C2C)c2ccccc21. The van der Waals surface area contributed by atoms with Crippen LogP contribution in [0.25, 0.3) is 5.57 Å². The molecule has 116 valence electrons. The van der Waals surface area contributed by atoms with E-state index >= 15 is 0 Å². The lowest BCUT2D eigenvalue weighted by atomic mass is 10.1. The van der Waals surface area contributed by atoms with Crippen LogP contribution in [0, 0.1) is 0 Å². The Bertz CT molecular complexity index is 704. The molecule has 1 atom stereocenters. The Hall–Kier alpha value is -1.34. The number of allylic oxidation sites excluding steroid dienone is 6. The van der Waals surface area contributed by atoms with Gasteiger partial charge in [0.05, 0.1) is 8.07 Å². The molecule has 0 nitrogen and oxygen atoms in total. The molecule has 0 aromatic heterocycles. The molecule has 3 rings (SSSR count). The Balaban J connectivity index is 2.10. The van der Waals surface area contributed by atoms with Crippen LogP contribution < -0.4 is 0 Å². The second-order valence-corrected chi connectivity index (χ2v) is 12.6. The van der Waals surface area contributed by atoms with Crippen molar-refractivity contribution in [2.75, 3.05) is 0 Å². The van der Waals surface area contributed by atoms with Crippen molar-refractivity contribution < 1.29 is 0 Å². The summed E-state index contributed by atoms with van der Waals surface area (Å²) in [6.07, 6.45) is 2.56. The molecule has 0 heterocycles. The predicted molar refractivity (Wildman–Crippen MR) is 101 cm³/mol. The fourth-order valence-corrected chi connectivity index (χ4v) is 9.57. The van der Waals surface area contributed by atoms with Crippen molar-refractivity contribution in [2.45, 2.75) is 58.8 Å². The first-order valence-corrected chi connectivity index (χ1v) is 11.5. The fourth-order valence-electron chi connectivity index (χ4n) is 4.82. The zero-order valence-electron chi connectivity index (χ0n) is 15.0. The van der Waals surface area contributed by atoms with E-state index in [2.05, 4.69) is 78.1 Å². The Kier molecular flexibility index (Phi) is 3.60. The highest BCUT2D eigenvalue weighted by atomic mass is 28.3. The van der Waals surface area contributed by atoms with E-state index in [0.717, 1.165) is 0 Å². The van der Waals surface area contributed by atoms with Crippen LogP contribution >= 0.6 is 0 Å². The van der Waals surface area contributed by atoms with Gasteiger partial charge in [-0.2, -0.15) is 0 Å². The maximum atomic E-state index is 2.59. The predicted octanol–water partition coefficient (Wildman–Crippen LogP) is 6.49. The van der Waals surface area contributed by atoms with Gasteiger partial charge in [-0.05, 0) is 73.5 Å². The molecular weight excluding hydrogens is 280 g/mol. The maximum Gasteiger partial charge on any atom is 0.0714 e. The second-order valence-electron chi connectivity index (χ2n) is 7.79. The van der Waals surface area contributed by atoms with Crippen LogP contribution in [0.2, 0.25) is 18.6 Å². The van der Waals surface area contributed by atoms with Crippen LogP contribution in [0.15, 0.2) is 52.6 Å². The normalized spacial score (nSPS) is 22.5. The van der Waals surface area contributed by atoms with E-state index in [4.69, 9.17) is 0 Å². The Labute approximate surface area is 136 Å². The average Bonchev–Trinajstić information content (AvgIpc) is 2.92. The zero-order chi connectivity index (χ0) is 16.2. The van der Waals surface area contributed by atoms with Crippen molar-refractivity contribution in [3.63, 3.8) is 0 Å². The molecule has 2 aliphatic carbocycles. The second kappa shape index (κ2) is 5.09. The molecule has 0 saturated heterocycles. The van der Waals surface area contributed by atoms with Crippen LogP contribution in [-0.2, 0) is 0 Å². The molecule has 2 aliphatic rings. The van der Waals surface area contributed by atoms with Crippen LogP contribution in [0.1, 0.15) is 51.3 Å². The van der Waals surface area contributed by atoms with Crippen molar-refractivity contribution in [3.8, 4) is 0 Å². The van der Waals surface area contributed by atoms with Gasteiger partial charge in [0.1, 0.15) is 0 Å². The third-order valence-corrected chi connectivity index (χ3v) is 10.7. The van der Waals surface area contributed by atoms with E-state index in [1.54, 1.807) is 16.7 Å². The van der Waals surface area contributed by atoms with Crippen molar-refractivity contribution in [3.05, 3.63) is 63.8 Å². The summed E-state index contributed by atoms with van der Waals surface area (Å²) in [6.45, 7) is 16.8. The zero-order valence-corrected chi connectivity index (χ0v) is 16.0. The van der Waals surface area contributed by atoms with E-state index in [-0.39, 0.29) is 0 Å². The number of hydrogen-bond donors (Lipinski definition) is 0. The summed E-state index contributed by atoms with van der Waals surface area (Å²) < 4.78 is 0. The number of hydrogen-bond acceptors (Lipinski definition) is 0. The lowest BCUT2D eigenvalue weighted by Gasteiger charge is -2.37. The highest BCUT2D eigenvalue weighted by molar-refractivity contribution is 6.82. The topological polar surface area (TPSA) is 0 Å². The van der Waals surface area contributed by atoms with Gasteiger partial charge >= 0.3 is 0 Å². The molecule has 0 amide bonds. The number of fused-ring (bicyclic) bond motifs is 1. The van der Waals surface area contributed by atoms with Crippen molar-refractivity contribution >= 4 is 13.6 Å². The van der Waals surface area contributed by atoms with Gasteiger partial charge in [-0.1, -0.05) is 54.6 Å². The quantitative estimate of drug-likeness (QED) is 0.548. The monoisotopic (exact) mass is 308 g/mol. The highest BCUT2D eigenvalue weighted by Crippen LogP contribution is 2.53. The van der Waals surface area contributed by atoms with Crippen LogP contribution in [0.3, 0.4) is 0 Å². The van der Waals surface area contributed by atoms with Crippen LogP contribution in [0.4, 0.5) is 0 Å². The molecule has 0 radical (unpaired) electrons. The summed E-state index contributed by atoms with van der Waals surface area (Å²) in [5.41, 5.74) is 12.2. The molecule has 0 N–H and O–H groups in total. The minimum Gasteiger partial charge on any atom is -0.0761 e. The first-order valence-electron chi connectivity index (χ1n) is 8.39. The Morgan fingerprint density at radius 2 is 1.36 bits per heavy atom. The van der Waals surface area contributed by atoms with Gasteiger partial charge in [0.15, 0.2) is 0 Å². The Morgan fingerprint density at radius 3 is 1.95 bits per heavy atom. The molecule has 0 saturated carbocycles. The minimum atomic E-state index is -1.53. The molecule has 0 bridgehead atoms. The summed E-state index contributed by atoms with van der Waals surface area (Å²) in [5.74, 6) is 0. The van der Waals surface area contributed by atoms with Gasteiger partial charge in [-0.3, -0.25) is 0 Å². The van der Waals surface area contributed by atoms with Crippen molar-refractivity contribution in [1.82, 2.24) is 0 Å². The molecule has 0 spiro atoms. The summed E-state index contributed by atoms with van der Waals surface area (Å²) >= 11 is 0. The molecule has 1 aromatic rings. The molecular formula is C21H28Si. The van der Waals surface area contributed by atoms with Crippen molar-refractivity contribution in [1.29, 1.82) is 0 Å². The molecule has 1 heteroatoms. The smallest absolute Gasteiger partial charge is 0.0714 e. The van der Waals surface area contributed by atoms with E-state index < -0.39 is 8.07 Å². The van der Waals surface area contributed by atoms with Gasteiger partial charge < -0.3 is 0 Å². The van der Waals surface area contributed by atoms with Gasteiger partial charge in [-0.25, -0.2) is 0 Å². The van der Waals surface area contributed by atoms with Crippen LogP contribution in [0.5, 0.6) is 0 Å². The molecule has 1 aromatic carbocycles. The molecule has 22 heavy (non-hydrogen) atoms. The van der Waals surface area contributed by atoms with Gasteiger partial charge in [0.2, 0.25) is 0 Å². The van der Waals surface area contributed by atoms with Gasteiger partial charge in [0.25, 0.3) is 0 Å². The summed E-state index contributed by atoms with van der Waals surface area (Å²) in [5, 5.41) is 0. The lowest BCUT2D eigenvalue weighted by molar-refractivity contribution is 1.00. The number of rotatable bonds is 2. The lowest BCUT2D eigenvalue weighted by Crippen LogP contribution is -2.39. The average molecular weight is 309 g/mol. The third kappa shape index (κ3) is 2.02.